The first-order valence-electron chi connectivity index (χ1n) is 9.13. The summed E-state index contributed by atoms with van der Waals surface area (Å²) in [5, 5.41) is 11.5. The van der Waals surface area contributed by atoms with Crippen molar-refractivity contribution in [2.24, 2.45) is 0 Å². The average molecular weight is 490 g/mol. The van der Waals surface area contributed by atoms with E-state index < -0.39 is 5.25 Å². The lowest BCUT2D eigenvalue weighted by atomic mass is 10.0. The van der Waals surface area contributed by atoms with E-state index in [-0.39, 0.29) is 11.9 Å². The number of ether oxygens (including phenoxy) is 2. The first-order chi connectivity index (χ1) is 14.5. The van der Waals surface area contributed by atoms with Gasteiger partial charge in [-0.1, -0.05) is 17.8 Å². The number of carbonyl (C=O) groups is 1. The molecule has 0 spiro atoms. The van der Waals surface area contributed by atoms with Gasteiger partial charge >= 0.3 is 0 Å². The molecule has 1 aliphatic rings. The Bertz CT molecular complexity index is 1070. The van der Waals surface area contributed by atoms with Gasteiger partial charge in [0.1, 0.15) is 22.6 Å². The summed E-state index contributed by atoms with van der Waals surface area (Å²) in [6, 6.07) is 12.7. The van der Waals surface area contributed by atoms with Gasteiger partial charge in [0.15, 0.2) is 0 Å². The molecule has 0 bridgehead atoms. The van der Waals surface area contributed by atoms with Crippen LogP contribution in [0.25, 0.3) is 0 Å². The quantitative estimate of drug-likeness (QED) is 0.563. The van der Waals surface area contributed by atoms with Gasteiger partial charge in [0.2, 0.25) is 11.1 Å². The number of hydrogen-bond acceptors (Lipinski definition) is 7. The number of thioether (sulfide) groups is 1. The van der Waals surface area contributed by atoms with Crippen LogP contribution < -0.4 is 20.2 Å². The maximum Gasteiger partial charge on any atom is 0.240 e. The Labute approximate surface area is 186 Å². The normalized spacial score (nSPS) is 17.6. The second-order valence-corrected chi connectivity index (χ2v) is 8.59. The minimum atomic E-state index is -0.469. The van der Waals surface area contributed by atoms with Gasteiger partial charge in [-0.05, 0) is 64.8 Å². The molecule has 156 valence electrons. The summed E-state index contributed by atoms with van der Waals surface area (Å²) >= 11 is 4.91. The predicted molar refractivity (Wildman–Crippen MR) is 119 cm³/mol. The molecule has 0 fully saturated rings. The fourth-order valence-electron chi connectivity index (χ4n) is 3.17. The third kappa shape index (κ3) is 3.97. The molecular weight excluding hydrogens is 470 g/mol. The maximum absolute atomic E-state index is 13.2. The van der Waals surface area contributed by atoms with Crippen molar-refractivity contribution in [2.45, 2.75) is 23.4 Å². The first kappa shape index (κ1) is 20.5. The number of methoxy groups -OCH3 is 2. The van der Waals surface area contributed by atoms with Gasteiger partial charge in [0.25, 0.3) is 0 Å². The summed E-state index contributed by atoms with van der Waals surface area (Å²) in [7, 11) is 3.22. The van der Waals surface area contributed by atoms with Gasteiger partial charge in [-0.3, -0.25) is 4.79 Å². The van der Waals surface area contributed by atoms with E-state index in [0.717, 1.165) is 27.4 Å². The fourth-order valence-corrected chi connectivity index (χ4v) is 4.86. The van der Waals surface area contributed by atoms with Crippen LogP contribution in [0.5, 0.6) is 11.5 Å². The van der Waals surface area contributed by atoms with Crippen molar-refractivity contribution >= 4 is 39.3 Å². The largest absolute Gasteiger partial charge is 0.497 e. The van der Waals surface area contributed by atoms with Crippen molar-refractivity contribution in [3.63, 3.8) is 0 Å². The second-order valence-electron chi connectivity index (χ2n) is 6.62. The highest BCUT2D eigenvalue weighted by molar-refractivity contribution is 9.10. The molecule has 1 amide bonds. The van der Waals surface area contributed by atoms with E-state index in [0.29, 0.717) is 10.8 Å². The highest BCUT2D eigenvalue weighted by atomic mass is 79.9. The Hall–Kier alpha value is -2.72. The van der Waals surface area contributed by atoms with Crippen molar-refractivity contribution in [2.75, 3.05) is 25.0 Å². The number of aryl methyl sites for hydroxylation is 1. The molecular formula is C20H20BrN5O3S. The van der Waals surface area contributed by atoms with Crippen LogP contribution in [0.4, 0.5) is 5.69 Å². The number of hydrogen-bond donors (Lipinski definition) is 2. The lowest BCUT2D eigenvalue weighted by Crippen LogP contribution is -2.41. The van der Waals surface area contributed by atoms with Crippen LogP contribution in [0.1, 0.15) is 17.4 Å². The molecule has 10 heteroatoms. The molecule has 0 unspecified atom stereocenters. The highest BCUT2D eigenvalue weighted by Crippen LogP contribution is 2.39. The number of fused-ring (bicyclic) bond motifs is 1. The van der Waals surface area contributed by atoms with Gasteiger partial charge in [-0.2, -0.15) is 0 Å². The molecule has 2 heterocycles. The van der Waals surface area contributed by atoms with E-state index in [1.807, 2.05) is 41.9 Å². The number of nitrogens with one attached hydrogen (secondary N) is 2. The van der Waals surface area contributed by atoms with Crippen LogP contribution in [0.15, 0.2) is 52.1 Å². The number of nitrogens with zero attached hydrogens (tertiary/aromatic N) is 3. The minimum Gasteiger partial charge on any atom is -0.497 e. The molecule has 1 aromatic heterocycles. The van der Waals surface area contributed by atoms with Gasteiger partial charge < -0.3 is 20.2 Å². The van der Waals surface area contributed by atoms with E-state index in [2.05, 4.69) is 36.9 Å². The van der Waals surface area contributed by atoms with Crippen molar-refractivity contribution in [3.8, 4) is 11.5 Å². The number of anilines is 1. The summed E-state index contributed by atoms with van der Waals surface area (Å²) in [4.78, 5) is 13.2. The molecule has 8 nitrogen and oxygen atoms in total. The van der Waals surface area contributed by atoms with E-state index in [9.17, 15) is 4.79 Å². The highest BCUT2D eigenvalue weighted by Gasteiger charge is 2.37. The molecule has 0 saturated carbocycles. The Morgan fingerprint density at radius 2 is 1.93 bits per heavy atom. The van der Waals surface area contributed by atoms with Crippen molar-refractivity contribution in [3.05, 3.63) is 58.3 Å². The molecule has 0 saturated heterocycles. The lowest BCUT2D eigenvalue weighted by Gasteiger charge is -2.33. The van der Waals surface area contributed by atoms with E-state index in [4.69, 9.17) is 9.47 Å². The SMILES string of the molecule is COc1ccc(NC(=O)[C@H]2Sc3nnc(C)n3N[C@@H]2c2ccc(OC)c(Br)c2)cc1. The fraction of sp³-hybridized carbons (Fsp3) is 0.250. The van der Waals surface area contributed by atoms with E-state index >= 15 is 0 Å². The van der Waals surface area contributed by atoms with Crippen molar-refractivity contribution in [1.29, 1.82) is 0 Å². The molecule has 3 aromatic rings. The van der Waals surface area contributed by atoms with Crippen LogP contribution in [0.2, 0.25) is 0 Å². The number of rotatable bonds is 5. The van der Waals surface area contributed by atoms with Gasteiger partial charge in [-0.15, -0.1) is 10.2 Å². The Morgan fingerprint density at radius 1 is 1.17 bits per heavy atom. The third-order valence-corrected chi connectivity index (χ3v) is 6.58. The molecule has 2 N–H and O–H groups in total. The minimum absolute atomic E-state index is 0.137. The average Bonchev–Trinajstić information content (AvgIpc) is 3.13. The van der Waals surface area contributed by atoms with E-state index in [1.54, 1.807) is 26.4 Å². The molecule has 0 aliphatic carbocycles. The number of carbonyl (C=O) groups excluding carboxylic acids is 1. The molecule has 2 aromatic carbocycles. The van der Waals surface area contributed by atoms with Crippen LogP contribution in [0, 0.1) is 6.92 Å². The Balaban J connectivity index is 1.65. The van der Waals surface area contributed by atoms with Crippen LogP contribution >= 0.6 is 27.7 Å². The number of aromatic nitrogens is 3. The van der Waals surface area contributed by atoms with Crippen molar-refractivity contribution < 1.29 is 14.3 Å². The Kier molecular flexibility index (Phi) is 5.87. The molecule has 30 heavy (non-hydrogen) atoms. The van der Waals surface area contributed by atoms with Crippen LogP contribution in [-0.2, 0) is 4.79 Å². The summed E-state index contributed by atoms with van der Waals surface area (Å²) in [5.41, 5.74) is 5.02. The van der Waals surface area contributed by atoms with Crippen molar-refractivity contribution in [1.82, 2.24) is 14.9 Å². The molecule has 2 atom stereocenters. The van der Waals surface area contributed by atoms with Gasteiger partial charge in [0, 0.05) is 5.69 Å². The number of benzene rings is 2. The van der Waals surface area contributed by atoms with Crippen LogP contribution in [0.3, 0.4) is 0 Å². The monoisotopic (exact) mass is 489 g/mol. The predicted octanol–water partition coefficient (Wildman–Crippen LogP) is 3.76. The summed E-state index contributed by atoms with van der Waals surface area (Å²) in [6.45, 7) is 1.86. The zero-order valence-electron chi connectivity index (χ0n) is 16.5. The second kappa shape index (κ2) is 8.57. The van der Waals surface area contributed by atoms with Gasteiger partial charge in [-0.25, -0.2) is 4.68 Å². The third-order valence-electron chi connectivity index (χ3n) is 4.75. The summed E-state index contributed by atoms with van der Waals surface area (Å²) < 4.78 is 13.1. The first-order valence-corrected chi connectivity index (χ1v) is 10.8. The maximum atomic E-state index is 13.2. The molecule has 0 radical (unpaired) electrons. The lowest BCUT2D eigenvalue weighted by molar-refractivity contribution is -0.116. The summed E-state index contributed by atoms with van der Waals surface area (Å²) in [5.74, 6) is 2.04. The smallest absolute Gasteiger partial charge is 0.240 e. The van der Waals surface area contributed by atoms with Crippen LogP contribution in [-0.4, -0.2) is 40.3 Å². The number of halogens is 1. The molecule has 1 aliphatic heterocycles. The number of amides is 1. The van der Waals surface area contributed by atoms with Gasteiger partial charge in [0.05, 0.1) is 24.7 Å². The summed E-state index contributed by atoms with van der Waals surface area (Å²) in [6.07, 6.45) is 0. The topological polar surface area (TPSA) is 90.3 Å². The van der Waals surface area contributed by atoms with E-state index in [1.165, 1.54) is 11.8 Å². The standard InChI is InChI=1S/C20H20BrN5O3S/c1-11-23-24-20-26(11)25-17(12-4-9-16(29-3)15(21)10-12)18(30-20)19(27)22-13-5-7-14(28-2)8-6-13/h4-10,17-18,25H,1-3H3,(H,22,27)/t17-,18+/m1/s1. The zero-order chi connectivity index (χ0) is 21.3. The zero-order valence-corrected chi connectivity index (χ0v) is 19.0. The Morgan fingerprint density at radius 3 is 2.60 bits per heavy atom. The molecule has 4 rings (SSSR count).